The van der Waals surface area contributed by atoms with Gasteiger partial charge in [-0.15, -0.1) is 0 Å². The fourth-order valence-electron chi connectivity index (χ4n) is 1.60. The first kappa shape index (κ1) is 15.1. The van der Waals surface area contributed by atoms with Gasteiger partial charge >= 0.3 is 6.18 Å². The molecule has 0 amide bonds. The third-order valence-electron chi connectivity index (χ3n) is 2.50. The summed E-state index contributed by atoms with van der Waals surface area (Å²) < 4.78 is 45.1. The van der Waals surface area contributed by atoms with Crippen LogP contribution in [-0.2, 0) is 12.7 Å². The highest BCUT2D eigenvalue weighted by atomic mass is 19.4. The molecule has 0 aliphatic carbocycles. The Balaban J connectivity index is 2.25. The molecular weight excluding hydrogens is 287 g/mol. The van der Waals surface area contributed by atoms with Gasteiger partial charge in [-0.3, -0.25) is 4.68 Å². The number of aromatic nitrogens is 4. The lowest BCUT2D eigenvalue weighted by molar-refractivity contribution is -0.145. The second kappa shape index (κ2) is 5.98. The highest BCUT2D eigenvalue weighted by Gasteiger charge is 2.35. The highest BCUT2D eigenvalue weighted by molar-refractivity contribution is 5.39. The van der Waals surface area contributed by atoms with E-state index in [1.807, 2.05) is 6.92 Å². The second-order valence-electron chi connectivity index (χ2n) is 4.20. The Morgan fingerprint density at radius 1 is 1.33 bits per heavy atom. The number of nitrogens with zero attached hydrogens (tertiary/aromatic N) is 4. The maximum Gasteiger partial charge on any atom is 0.451 e. The van der Waals surface area contributed by atoms with Crippen LogP contribution in [-0.4, -0.2) is 26.8 Å². The van der Waals surface area contributed by atoms with Gasteiger partial charge in [0.05, 0.1) is 12.4 Å². The van der Waals surface area contributed by atoms with Gasteiger partial charge in [-0.1, -0.05) is 6.92 Å². The Morgan fingerprint density at radius 2 is 2.10 bits per heavy atom. The summed E-state index contributed by atoms with van der Waals surface area (Å²) >= 11 is 0. The molecule has 114 valence electrons. The summed E-state index contributed by atoms with van der Waals surface area (Å²) in [6.45, 7) is 2.68. The van der Waals surface area contributed by atoms with Crippen LogP contribution < -0.4 is 10.1 Å². The Hall–Kier alpha value is -2.32. The fraction of sp³-hybridized carbons (Fsp3) is 0.417. The molecule has 6 nitrogen and oxygen atoms in total. The fourth-order valence-corrected chi connectivity index (χ4v) is 1.60. The van der Waals surface area contributed by atoms with E-state index < -0.39 is 12.0 Å². The van der Waals surface area contributed by atoms with Crippen LogP contribution in [0, 0.1) is 0 Å². The van der Waals surface area contributed by atoms with Crippen molar-refractivity contribution in [2.75, 3.05) is 12.4 Å². The number of halogens is 3. The van der Waals surface area contributed by atoms with Crippen LogP contribution in [0.2, 0.25) is 0 Å². The number of aryl methyl sites for hydroxylation is 1. The van der Waals surface area contributed by atoms with Gasteiger partial charge in [0.1, 0.15) is 5.82 Å². The van der Waals surface area contributed by atoms with Crippen LogP contribution in [0.5, 0.6) is 11.6 Å². The van der Waals surface area contributed by atoms with E-state index in [-0.39, 0.29) is 11.7 Å². The molecule has 0 unspecified atom stereocenters. The van der Waals surface area contributed by atoms with Crippen LogP contribution >= 0.6 is 0 Å². The minimum Gasteiger partial charge on any atom is -0.436 e. The van der Waals surface area contributed by atoms with Crippen LogP contribution in [0.15, 0.2) is 18.5 Å². The van der Waals surface area contributed by atoms with Crippen molar-refractivity contribution >= 4 is 5.82 Å². The summed E-state index contributed by atoms with van der Waals surface area (Å²) in [5.74, 6) is -1.12. The van der Waals surface area contributed by atoms with Gasteiger partial charge in [0.15, 0.2) is 5.75 Å². The molecule has 21 heavy (non-hydrogen) atoms. The summed E-state index contributed by atoms with van der Waals surface area (Å²) in [4.78, 5) is 6.72. The molecule has 0 spiro atoms. The van der Waals surface area contributed by atoms with E-state index in [0.717, 1.165) is 6.42 Å². The highest BCUT2D eigenvalue weighted by Crippen LogP contribution is 2.30. The zero-order valence-corrected chi connectivity index (χ0v) is 11.5. The predicted octanol–water partition coefficient (Wildman–Crippen LogP) is 2.94. The molecule has 2 heterocycles. The number of hydrogen-bond donors (Lipinski definition) is 1. The van der Waals surface area contributed by atoms with Crippen molar-refractivity contribution in [3.05, 3.63) is 24.3 Å². The van der Waals surface area contributed by atoms with Crippen molar-refractivity contribution in [3.63, 3.8) is 0 Å². The van der Waals surface area contributed by atoms with Gasteiger partial charge in [0.2, 0.25) is 11.7 Å². The van der Waals surface area contributed by atoms with E-state index in [2.05, 4.69) is 20.4 Å². The van der Waals surface area contributed by atoms with Gasteiger partial charge in [-0.05, 0) is 6.42 Å². The molecule has 0 atom stereocenters. The first-order valence-corrected chi connectivity index (χ1v) is 6.26. The monoisotopic (exact) mass is 301 g/mol. The van der Waals surface area contributed by atoms with E-state index in [1.165, 1.54) is 19.3 Å². The average molecular weight is 301 g/mol. The molecule has 2 rings (SSSR count). The zero-order valence-electron chi connectivity index (χ0n) is 11.5. The van der Waals surface area contributed by atoms with Crippen LogP contribution in [0.1, 0.15) is 19.2 Å². The number of rotatable bonds is 5. The van der Waals surface area contributed by atoms with Crippen molar-refractivity contribution in [2.45, 2.75) is 26.1 Å². The predicted molar refractivity (Wildman–Crippen MR) is 69.2 cm³/mol. The Kier molecular flexibility index (Phi) is 4.29. The minimum absolute atomic E-state index is 0.0216. The lowest BCUT2D eigenvalue weighted by atomic mass is 10.5. The van der Waals surface area contributed by atoms with Crippen LogP contribution in [0.25, 0.3) is 0 Å². The largest absolute Gasteiger partial charge is 0.451 e. The summed E-state index contributed by atoms with van der Waals surface area (Å²) in [7, 11) is 1.46. The summed E-state index contributed by atoms with van der Waals surface area (Å²) in [6.07, 6.45) is -0.740. The van der Waals surface area contributed by atoms with Crippen molar-refractivity contribution < 1.29 is 17.9 Å². The molecule has 0 radical (unpaired) electrons. The number of anilines is 1. The van der Waals surface area contributed by atoms with Gasteiger partial charge in [0, 0.05) is 19.7 Å². The molecule has 1 N–H and O–H groups in total. The molecule has 0 saturated carbocycles. The van der Waals surface area contributed by atoms with E-state index in [4.69, 9.17) is 4.74 Å². The average Bonchev–Trinajstić information content (AvgIpc) is 2.85. The maximum atomic E-state index is 12.7. The topological polar surface area (TPSA) is 64.9 Å². The molecular formula is C12H14F3N5O. The first-order chi connectivity index (χ1) is 9.92. The normalized spacial score (nSPS) is 11.5. The molecule has 2 aromatic rings. The molecule has 0 fully saturated rings. The van der Waals surface area contributed by atoms with E-state index in [0.29, 0.717) is 12.3 Å². The molecule has 0 bridgehead atoms. The molecule has 0 aromatic carbocycles. The van der Waals surface area contributed by atoms with E-state index in [1.54, 1.807) is 10.9 Å². The van der Waals surface area contributed by atoms with Crippen molar-refractivity contribution in [2.24, 2.45) is 0 Å². The molecule has 0 aliphatic heterocycles. The summed E-state index contributed by atoms with van der Waals surface area (Å²) in [6, 6.07) is 1.28. The van der Waals surface area contributed by atoms with Crippen molar-refractivity contribution in [3.8, 4) is 11.6 Å². The van der Waals surface area contributed by atoms with E-state index >= 15 is 0 Å². The lowest BCUT2D eigenvalue weighted by Gasteiger charge is -2.09. The Bertz CT molecular complexity index is 611. The number of alkyl halides is 3. The maximum absolute atomic E-state index is 12.7. The third kappa shape index (κ3) is 3.83. The quantitative estimate of drug-likeness (QED) is 0.920. The SMILES string of the molecule is CCCn1cc(Oc2cc(NC)nc(C(F)(F)F)n2)cn1. The van der Waals surface area contributed by atoms with Gasteiger partial charge in [0.25, 0.3) is 0 Å². The number of ether oxygens (including phenoxy) is 1. The second-order valence-corrected chi connectivity index (χ2v) is 4.20. The molecule has 2 aromatic heterocycles. The third-order valence-corrected chi connectivity index (χ3v) is 2.50. The lowest BCUT2D eigenvalue weighted by Crippen LogP contribution is -2.12. The molecule has 0 saturated heterocycles. The smallest absolute Gasteiger partial charge is 0.436 e. The Labute approximate surface area is 119 Å². The summed E-state index contributed by atoms with van der Waals surface area (Å²) in [5, 5.41) is 6.57. The summed E-state index contributed by atoms with van der Waals surface area (Å²) in [5.41, 5.74) is 0. The van der Waals surface area contributed by atoms with Crippen molar-refractivity contribution in [1.29, 1.82) is 0 Å². The first-order valence-electron chi connectivity index (χ1n) is 6.26. The van der Waals surface area contributed by atoms with Crippen LogP contribution in [0.3, 0.4) is 0 Å². The van der Waals surface area contributed by atoms with Gasteiger partial charge < -0.3 is 10.1 Å². The molecule has 9 heteroatoms. The number of hydrogen-bond acceptors (Lipinski definition) is 5. The number of nitrogens with one attached hydrogen (secondary N) is 1. The van der Waals surface area contributed by atoms with Gasteiger partial charge in [-0.25, -0.2) is 4.98 Å². The van der Waals surface area contributed by atoms with Crippen molar-refractivity contribution in [1.82, 2.24) is 19.7 Å². The standard InChI is InChI=1S/C12H14F3N5O/c1-3-4-20-7-8(6-17-20)21-10-5-9(16-2)18-11(19-10)12(13,14)15/h5-7H,3-4H2,1-2H3,(H,16,18,19). The van der Waals surface area contributed by atoms with Crippen LogP contribution in [0.4, 0.5) is 19.0 Å². The molecule has 0 aliphatic rings. The zero-order chi connectivity index (χ0) is 15.5. The van der Waals surface area contributed by atoms with Gasteiger partial charge in [-0.2, -0.15) is 23.3 Å². The minimum atomic E-state index is -4.64. The Morgan fingerprint density at radius 3 is 2.71 bits per heavy atom. The van der Waals surface area contributed by atoms with E-state index in [9.17, 15) is 13.2 Å².